The molecule has 1 aliphatic rings. The summed E-state index contributed by atoms with van der Waals surface area (Å²) in [7, 11) is 0. The van der Waals surface area contributed by atoms with Crippen molar-refractivity contribution in [3.63, 3.8) is 0 Å². The molecule has 1 rings (SSSR count). The molecule has 1 saturated heterocycles. The first kappa shape index (κ1) is 9.01. The molecule has 0 unspecified atom stereocenters. The molecule has 1 N–H and O–H groups in total. The Labute approximate surface area is 69.2 Å². The van der Waals surface area contributed by atoms with Crippen molar-refractivity contribution >= 4 is 0 Å². The van der Waals surface area contributed by atoms with E-state index in [1.54, 1.807) is 0 Å². The number of rotatable bonds is 2. The van der Waals surface area contributed by atoms with Gasteiger partial charge in [-0.3, -0.25) is 4.90 Å². The first-order chi connectivity index (χ1) is 5.03. The second-order valence-corrected chi connectivity index (χ2v) is 4.66. The lowest BCUT2D eigenvalue weighted by Gasteiger charge is -2.43. The molecular formula is C9H19NO. The van der Waals surface area contributed by atoms with Crippen LogP contribution in [0.3, 0.4) is 0 Å². The van der Waals surface area contributed by atoms with Crippen LogP contribution in [0.15, 0.2) is 0 Å². The van der Waals surface area contributed by atoms with Crippen LogP contribution in [0, 0.1) is 5.41 Å². The Morgan fingerprint density at radius 2 is 2.09 bits per heavy atom. The Morgan fingerprint density at radius 1 is 1.45 bits per heavy atom. The standard InChI is InChI=1S/C9H19NO/c1-9(2,3)7-10-5-4-8(10)6-11/h8,11H,4-7H2,1-3H3/t8-/m0/s1. The minimum absolute atomic E-state index is 0.329. The van der Waals surface area contributed by atoms with Crippen molar-refractivity contribution in [3.8, 4) is 0 Å². The van der Waals surface area contributed by atoms with E-state index in [0.717, 1.165) is 6.54 Å². The molecule has 2 nitrogen and oxygen atoms in total. The van der Waals surface area contributed by atoms with E-state index in [1.807, 2.05) is 0 Å². The van der Waals surface area contributed by atoms with Gasteiger partial charge in [-0.15, -0.1) is 0 Å². The summed E-state index contributed by atoms with van der Waals surface area (Å²) >= 11 is 0. The number of likely N-dealkylation sites (tertiary alicyclic amines) is 1. The van der Waals surface area contributed by atoms with E-state index in [9.17, 15) is 0 Å². The van der Waals surface area contributed by atoms with E-state index in [2.05, 4.69) is 25.7 Å². The Morgan fingerprint density at radius 3 is 2.36 bits per heavy atom. The molecule has 1 aliphatic heterocycles. The molecule has 1 heterocycles. The van der Waals surface area contributed by atoms with Crippen LogP contribution in [0.2, 0.25) is 0 Å². The van der Waals surface area contributed by atoms with Gasteiger partial charge in [-0.25, -0.2) is 0 Å². The zero-order valence-corrected chi connectivity index (χ0v) is 7.80. The van der Waals surface area contributed by atoms with Crippen molar-refractivity contribution in [2.24, 2.45) is 5.41 Å². The van der Waals surface area contributed by atoms with Crippen LogP contribution in [-0.4, -0.2) is 35.7 Å². The lowest BCUT2D eigenvalue weighted by atomic mass is 9.92. The van der Waals surface area contributed by atoms with Crippen molar-refractivity contribution in [1.29, 1.82) is 0 Å². The zero-order valence-electron chi connectivity index (χ0n) is 7.80. The largest absolute Gasteiger partial charge is 0.395 e. The molecule has 1 fully saturated rings. The average Bonchev–Trinajstić information content (AvgIpc) is 1.80. The average molecular weight is 157 g/mol. The Hall–Kier alpha value is -0.0800. The highest BCUT2D eigenvalue weighted by molar-refractivity contribution is 4.84. The highest BCUT2D eigenvalue weighted by atomic mass is 16.3. The minimum Gasteiger partial charge on any atom is -0.395 e. The molecule has 0 amide bonds. The maximum Gasteiger partial charge on any atom is 0.0587 e. The first-order valence-electron chi connectivity index (χ1n) is 4.38. The monoisotopic (exact) mass is 157 g/mol. The zero-order chi connectivity index (χ0) is 8.48. The number of aliphatic hydroxyl groups is 1. The molecular weight excluding hydrogens is 138 g/mol. The van der Waals surface area contributed by atoms with Gasteiger partial charge in [0.25, 0.3) is 0 Å². The lowest BCUT2D eigenvalue weighted by molar-refractivity contribution is 0.0172. The van der Waals surface area contributed by atoms with Gasteiger partial charge in [-0.1, -0.05) is 20.8 Å². The highest BCUT2D eigenvalue weighted by Gasteiger charge is 2.29. The van der Waals surface area contributed by atoms with Gasteiger partial charge >= 0.3 is 0 Å². The Kier molecular flexibility index (Phi) is 2.55. The van der Waals surface area contributed by atoms with Gasteiger partial charge < -0.3 is 5.11 Å². The topological polar surface area (TPSA) is 23.5 Å². The van der Waals surface area contributed by atoms with Crippen molar-refractivity contribution in [2.75, 3.05) is 19.7 Å². The van der Waals surface area contributed by atoms with E-state index >= 15 is 0 Å². The van der Waals surface area contributed by atoms with Gasteiger partial charge in [0, 0.05) is 19.1 Å². The fourth-order valence-corrected chi connectivity index (χ4v) is 1.52. The summed E-state index contributed by atoms with van der Waals surface area (Å²) in [6.45, 7) is 9.32. The molecule has 0 aromatic carbocycles. The normalized spacial score (nSPS) is 26.7. The van der Waals surface area contributed by atoms with Crippen LogP contribution in [0.5, 0.6) is 0 Å². The molecule has 66 valence electrons. The molecule has 2 heteroatoms. The number of hydrogen-bond donors (Lipinski definition) is 1. The highest BCUT2D eigenvalue weighted by Crippen LogP contribution is 2.23. The van der Waals surface area contributed by atoms with Crippen LogP contribution in [-0.2, 0) is 0 Å². The van der Waals surface area contributed by atoms with E-state index in [-0.39, 0.29) is 0 Å². The van der Waals surface area contributed by atoms with Crippen molar-refractivity contribution in [1.82, 2.24) is 4.90 Å². The van der Waals surface area contributed by atoms with Gasteiger partial charge in [-0.2, -0.15) is 0 Å². The molecule has 0 aliphatic carbocycles. The van der Waals surface area contributed by atoms with Crippen molar-refractivity contribution in [2.45, 2.75) is 33.2 Å². The van der Waals surface area contributed by atoms with E-state index < -0.39 is 0 Å². The summed E-state index contributed by atoms with van der Waals surface area (Å²) in [6.07, 6.45) is 1.17. The van der Waals surface area contributed by atoms with E-state index in [1.165, 1.54) is 13.0 Å². The predicted octanol–water partition coefficient (Wildman–Crippen LogP) is 1.10. The van der Waals surface area contributed by atoms with Crippen molar-refractivity contribution < 1.29 is 5.11 Å². The maximum absolute atomic E-state index is 8.91. The second kappa shape index (κ2) is 3.11. The smallest absolute Gasteiger partial charge is 0.0587 e. The summed E-state index contributed by atoms with van der Waals surface area (Å²) in [5.74, 6) is 0. The summed E-state index contributed by atoms with van der Waals surface area (Å²) in [6, 6.07) is 0.453. The first-order valence-corrected chi connectivity index (χ1v) is 4.38. The number of nitrogens with zero attached hydrogens (tertiary/aromatic N) is 1. The van der Waals surface area contributed by atoms with Crippen molar-refractivity contribution in [3.05, 3.63) is 0 Å². The van der Waals surface area contributed by atoms with Crippen LogP contribution >= 0.6 is 0 Å². The fourth-order valence-electron chi connectivity index (χ4n) is 1.52. The third kappa shape index (κ3) is 2.46. The third-order valence-electron chi connectivity index (χ3n) is 2.15. The SMILES string of the molecule is CC(C)(C)CN1CC[C@H]1CO. The summed E-state index contributed by atoms with van der Waals surface area (Å²) in [5, 5.41) is 8.91. The van der Waals surface area contributed by atoms with Gasteiger partial charge in [0.15, 0.2) is 0 Å². The maximum atomic E-state index is 8.91. The van der Waals surface area contributed by atoms with Crippen LogP contribution in [0.4, 0.5) is 0 Å². The molecule has 0 aromatic rings. The van der Waals surface area contributed by atoms with Gasteiger partial charge in [0.05, 0.1) is 6.61 Å². The van der Waals surface area contributed by atoms with E-state index in [0.29, 0.717) is 18.1 Å². The van der Waals surface area contributed by atoms with Crippen LogP contribution in [0.25, 0.3) is 0 Å². The number of hydrogen-bond acceptors (Lipinski definition) is 2. The number of aliphatic hydroxyl groups excluding tert-OH is 1. The minimum atomic E-state index is 0.329. The molecule has 0 spiro atoms. The van der Waals surface area contributed by atoms with Crippen LogP contribution in [0.1, 0.15) is 27.2 Å². The molecule has 0 radical (unpaired) electrons. The molecule has 11 heavy (non-hydrogen) atoms. The Balaban J connectivity index is 2.27. The quantitative estimate of drug-likeness (QED) is 0.649. The molecule has 0 saturated carbocycles. The third-order valence-corrected chi connectivity index (χ3v) is 2.15. The second-order valence-electron chi connectivity index (χ2n) is 4.66. The lowest BCUT2D eigenvalue weighted by Crippen LogP contribution is -2.52. The summed E-state index contributed by atoms with van der Waals surface area (Å²) in [5.41, 5.74) is 0.369. The van der Waals surface area contributed by atoms with Crippen LogP contribution < -0.4 is 0 Å². The summed E-state index contributed by atoms with van der Waals surface area (Å²) < 4.78 is 0. The van der Waals surface area contributed by atoms with E-state index in [4.69, 9.17) is 5.11 Å². The molecule has 1 atom stereocenters. The summed E-state index contributed by atoms with van der Waals surface area (Å²) in [4.78, 5) is 2.36. The van der Waals surface area contributed by atoms with Gasteiger partial charge in [0.2, 0.25) is 0 Å². The van der Waals surface area contributed by atoms with Gasteiger partial charge in [0.1, 0.15) is 0 Å². The predicted molar refractivity (Wildman–Crippen MR) is 46.5 cm³/mol. The fraction of sp³-hybridized carbons (Fsp3) is 1.00. The molecule has 0 bridgehead atoms. The Bertz CT molecular complexity index is 126. The van der Waals surface area contributed by atoms with Gasteiger partial charge in [-0.05, 0) is 11.8 Å². The molecule has 0 aromatic heterocycles.